The molecular formula is C14H21NO3. The molecule has 0 radical (unpaired) electrons. The summed E-state index contributed by atoms with van der Waals surface area (Å²) in [6, 6.07) is 7.84. The zero-order chi connectivity index (χ0) is 13.5. The number of nitrogens with one attached hydrogen (secondary N) is 1. The predicted molar refractivity (Wildman–Crippen MR) is 70.8 cm³/mol. The molecule has 2 atom stereocenters. The normalized spacial score (nSPS) is 13.8. The van der Waals surface area contributed by atoms with Gasteiger partial charge in [-0.2, -0.15) is 0 Å². The number of para-hydroxylation sites is 1. The highest BCUT2D eigenvalue weighted by molar-refractivity contribution is 5.80. The molecule has 2 unspecified atom stereocenters. The summed E-state index contributed by atoms with van der Waals surface area (Å²) in [7, 11) is 3.17. The molecule has 0 saturated carbocycles. The summed E-state index contributed by atoms with van der Waals surface area (Å²) in [5, 5.41) is 2.91. The second-order valence-electron chi connectivity index (χ2n) is 4.30. The van der Waals surface area contributed by atoms with Crippen LogP contribution < -0.4 is 10.1 Å². The summed E-state index contributed by atoms with van der Waals surface area (Å²) >= 11 is 0. The molecule has 4 nitrogen and oxygen atoms in total. The van der Waals surface area contributed by atoms with Gasteiger partial charge in [0.2, 0.25) is 5.91 Å². The van der Waals surface area contributed by atoms with Crippen LogP contribution in [0.3, 0.4) is 0 Å². The maximum absolute atomic E-state index is 11.7. The second-order valence-corrected chi connectivity index (χ2v) is 4.30. The lowest BCUT2D eigenvalue weighted by molar-refractivity contribution is -0.130. The Morgan fingerprint density at radius 2 is 1.94 bits per heavy atom. The van der Waals surface area contributed by atoms with Crippen LogP contribution >= 0.6 is 0 Å². The lowest BCUT2D eigenvalue weighted by Gasteiger charge is -2.18. The largest absolute Gasteiger partial charge is 0.496 e. The fourth-order valence-electron chi connectivity index (χ4n) is 1.72. The molecular weight excluding hydrogens is 230 g/mol. The van der Waals surface area contributed by atoms with E-state index < -0.39 is 6.10 Å². The first-order valence-electron chi connectivity index (χ1n) is 6.03. The standard InChI is InChI=1S/C14H21NO3/c1-10(15-14(16)11(2)17-3)9-12-7-5-6-8-13(12)18-4/h5-8,10-11H,9H2,1-4H3,(H,15,16). The highest BCUT2D eigenvalue weighted by Crippen LogP contribution is 2.18. The molecule has 1 amide bonds. The molecule has 0 aliphatic heterocycles. The second kappa shape index (κ2) is 7.01. The number of ether oxygens (including phenoxy) is 2. The molecule has 0 spiro atoms. The lowest BCUT2D eigenvalue weighted by Crippen LogP contribution is -2.40. The average Bonchev–Trinajstić information content (AvgIpc) is 2.38. The Morgan fingerprint density at radius 1 is 1.28 bits per heavy atom. The first-order chi connectivity index (χ1) is 8.58. The van der Waals surface area contributed by atoms with Gasteiger partial charge in [-0.3, -0.25) is 4.79 Å². The number of hydrogen-bond acceptors (Lipinski definition) is 3. The highest BCUT2D eigenvalue weighted by Gasteiger charge is 2.15. The van der Waals surface area contributed by atoms with E-state index in [0.717, 1.165) is 17.7 Å². The third kappa shape index (κ3) is 4.04. The summed E-state index contributed by atoms with van der Waals surface area (Å²) < 4.78 is 10.3. The molecule has 0 aromatic heterocycles. The van der Waals surface area contributed by atoms with Crippen LogP contribution in [0.5, 0.6) is 5.75 Å². The molecule has 18 heavy (non-hydrogen) atoms. The van der Waals surface area contributed by atoms with Crippen molar-refractivity contribution in [3.05, 3.63) is 29.8 Å². The van der Waals surface area contributed by atoms with Gasteiger partial charge in [-0.25, -0.2) is 0 Å². The Balaban J connectivity index is 2.59. The Morgan fingerprint density at radius 3 is 2.56 bits per heavy atom. The summed E-state index contributed by atoms with van der Waals surface area (Å²) in [5.74, 6) is 0.748. The van der Waals surface area contributed by atoms with Crippen LogP contribution in [0.4, 0.5) is 0 Å². The number of carbonyl (C=O) groups is 1. The van der Waals surface area contributed by atoms with Gasteiger partial charge >= 0.3 is 0 Å². The summed E-state index contributed by atoms with van der Waals surface area (Å²) in [5.41, 5.74) is 1.08. The summed E-state index contributed by atoms with van der Waals surface area (Å²) in [6.07, 6.45) is 0.303. The van der Waals surface area contributed by atoms with Gasteiger partial charge in [0.15, 0.2) is 0 Å². The minimum absolute atomic E-state index is 0.0337. The molecule has 1 rings (SSSR count). The molecule has 4 heteroatoms. The van der Waals surface area contributed by atoms with Crippen LogP contribution in [0.25, 0.3) is 0 Å². The van der Waals surface area contributed by atoms with Crippen molar-refractivity contribution < 1.29 is 14.3 Å². The Hall–Kier alpha value is -1.55. The zero-order valence-electron chi connectivity index (χ0n) is 11.4. The van der Waals surface area contributed by atoms with Crippen LogP contribution in [0.2, 0.25) is 0 Å². The van der Waals surface area contributed by atoms with E-state index in [-0.39, 0.29) is 11.9 Å². The van der Waals surface area contributed by atoms with E-state index in [1.54, 1.807) is 14.0 Å². The average molecular weight is 251 g/mol. The van der Waals surface area contributed by atoms with Crippen molar-refractivity contribution in [2.75, 3.05) is 14.2 Å². The quantitative estimate of drug-likeness (QED) is 0.838. The molecule has 0 aliphatic carbocycles. The summed E-state index contributed by atoms with van der Waals surface area (Å²) in [4.78, 5) is 11.7. The number of carbonyl (C=O) groups excluding carboxylic acids is 1. The van der Waals surface area contributed by atoms with Crippen molar-refractivity contribution in [2.24, 2.45) is 0 Å². The highest BCUT2D eigenvalue weighted by atomic mass is 16.5. The van der Waals surface area contributed by atoms with Crippen molar-refractivity contribution in [3.8, 4) is 5.75 Å². The van der Waals surface area contributed by atoms with Gasteiger partial charge in [0.25, 0.3) is 0 Å². The van der Waals surface area contributed by atoms with Gasteiger partial charge < -0.3 is 14.8 Å². The van der Waals surface area contributed by atoms with E-state index in [0.29, 0.717) is 0 Å². The fourth-order valence-corrected chi connectivity index (χ4v) is 1.72. The van der Waals surface area contributed by atoms with Gasteiger partial charge in [0, 0.05) is 13.2 Å². The monoisotopic (exact) mass is 251 g/mol. The first kappa shape index (κ1) is 14.5. The Bertz CT molecular complexity index is 392. The summed E-state index contributed by atoms with van der Waals surface area (Å²) in [6.45, 7) is 3.69. The van der Waals surface area contributed by atoms with E-state index in [9.17, 15) is 4.79 Å². The zero-order valence-corrected chi connectivity index (χ0v) is 11.4. The van der Waals surface area contributed by atoms with Gasteiger partial charge in [-0.05, 0) is 31.9 Å². The molecule has 1 aromatic rings. The van der Waals surface area contributed by atoms with Crippen molar-refractivity contribution >= 4 is 5.91 Å². The van der Waals surface area contributed by atoms with Gasteiger partial charge in [-0.1, -0.05) is 18.2 Å². The van der Waals surface area contributed by atoms with Gasteiger partial charge in [0.05, 0.1) is 7.11 Å². The van der Waals surface area contributed by atoms with Gasteiger partial charge in [0.1, 0.15) is 11.9 Å². The minimum Gasteiger partial charge on any atom is -0.496 e. The van der Waals surface area contributed by atoms with Crippen LogP contribution in [0.1, 0.15) is 19.4 Å². The molecule has 100 valence electrons. The van der Waals surface area contributed by atoms with Crippen molar-refractivity contribution in [1.82, 2.24) is 5.32 Å². The molecule has 0 heterocycles. The minimum atomic E-state index is -0.426. The Kier molecular flexibility index (Phi) is 5.65. The van der Waals surface area contributed by atoms with Crippen LogP contribution in [0, 0.1) is 0 Å². The Labute approximate surface area is 108 Å². The van der Waals surface area contributed by atoms with Gasteiger partial charge in [-0.15, -0.1) is 0 Å². The first-order valence-corrected chi connectivity index (χ1v) is 6.03. The van der Waals surface area contributed by atoms with E-state index in [1.165, 1.54) is 7.11 Å². The maximum Gasteiger partial charge on any atom is 0.249 e. The third-order valence-electron chi connectivity index (χ3n) is 2.83. The van der Waals surface area contributed by atoms with E-state index in [2.05, 4.69) is 5.32 Å². The number of benzene rings is 1. The number of methoxy groups -OCH3 is 2. The smallest absolute Gasteiger partial charge is 0.249 e. The predicted octanol–water partition coefficient (Wildman–Crippen LogP) is 1.78. The van der Waals surface area contributed by atoms with Crippen LogP contribution in [0.15, 0.2) is 24.3 Å². The molecule has 0 bridgehead atoms. The molecule has 0 saturated heterocycles. The number of hydrogen-bond donors (Lipinski definition) is 1. The van der Waals surface area contributed by atoms with E-state index in [1.807, 2.05) is 31.2 Å². The van der Waals surface area contributed by atoms with Crippen LogP contribution in [-0.2, 0) is 16.0 Å². The van der Waals surface area contributed by atoms with Crippen LogP contribution in [-0.4, -0.2) is 32.3 Å². The lowest BCUT2D eigenvalue weighted by atomic mass is 10.1. The van der Waals surface area contributed by atoms with E-state index in [4.69, 9.17) is 9.47 Å². The number of amides is 1. The van der Waals surface area contributed by atoms with E-state index >= 15 is 0 Å². The van der Waals surface area contributed by atoms with Crippen molar-refractivity contribution in [3.63, 3.8) is 0 Å². The SMILES string of the molecule is COc1ccccc1CC(C)NC(=O)C(C)OC. The maximum atomic E-state index is 11.7. The molecule has 1 N–H and O–H groups in total. The molecule has 0 aliphatic rings. The van der Waals surface area contributed by atoms with Crippen molar-refractivity contribution in [1.29, 1.82) is 0 Å². The number of rotatable bonds is 6. The fraction of sp³-hybridized carbons (Fsp3) is 0.500. The molecule has 0 fully saturated rings. The molecule has 1 aromatic carbocycles. The topological polar surface area (TPSA) is 47.6 Å². The van der Waals surface area contributed by atoms with Crippen molar-refractivity contribution in [2.45, 2.75) is 32.4 Å². The third-order valence-corrected chi connectivity index (χ3v) is 2.83.